The first-order valence-corrected chi connectivity index (χ1v) is 6.42. The van der Waals surface area contributed by atoms with Gasteiger partial charge in [0.25, 0.3) is 0 Å². The number of benzene rings is 1. The molecule has 0 spiro atoms. The lowest BCUT2D eigenvalue weighted by Gasteiger charge is -2.03. The molecule has 1 aliphatic rings. The number of rotatable bonds is 2. The molecule has 86 valence electrons. The normalized spacial score (nSPS) is 13.6. The maximum absolute atomic E-state index is 11.1. The van der Waals surface area contributed by atoms with Crippen LogP contribution in [0.25, 0.3) is 11.3 Å². The summed E-state index contributed by atoms with van der Waals surface area (Å²) in [4.78, 5) is 15.6. The molecule has 0 bridgehead atoms. The van der Waals surface area contributed by atoms with E-state index in [9.17, 15) is 4.79 Å². The van der Waals surface area contributed by atoms with Crippen LogP contribution in [0.3, 0.4) is 0 Å². The number of hydrogen-bond donors (Lipinski definition) is 1. The number of fused-ring (bicyclic) bond motifs is 1. The monoisotopic (exact) mass is 245 g/mol. The van der Waals surface area contributed by atoms with Gasteiger partial charge in [-0.15, -0.1) is 11.3 Å². The maximum atomic E-state index is 11.1. The highest BCUT2D eigenvalue weighted by molar-refractivity contribution is 7.12. The van der Waals surface area contributed by atoms with Gasteiger partial charge in [-0.2, -0.15) is 0 Å². The van der Waals surface area contributed by atoms with Gasteiger partial charge in [0.1, 0.15) is 4.88 Å². The van der Waals surface area contributed by atoms with Gasteiger partial charge >= 0.3 is 5.97 Å². The van der Waals surface area contributed by atoms with Crippen LogP contribution in [-0.4, -0.2) is 16.1 Å². The van der Waals surface area contributed by atoms with Gasteiger partial charge in [0.15, 0.2) is 0 Å². The molecule has 3 rings (SSSR count). The van der Waals surface area contributed by atoms with Crippen molar-refractivity contribution in [3.8, 4) is 11.3 Å². The van der Waals surface area contributed by atoms with Crippen molar-refractivity contribution < 1.29 is 9.90 Å². The first-order valence-electron chi connectivity index (χ1n) is 5.54. The minimum Gasteiger partial charge on any atom is -0.477 e. The van der Waals surface area contributed by atoms with Crippen molar-refractivity contribution in [2.45, 2.75) is 19.3 Å². The predicted octanol–water partition coefficient (Wildman–Crippen LogP) is 3.00. The molecule has 0 radical (unpaired) electrons. The Kier molecular flexibility index (Phi) is 2.44. The van der Waals surface area contributed by atoms with Crippen molar-refractivity contribution in [1.29, 1.82) is 0 Å². The van der Waals surface area contributed by atoms with Gasteiger partial charge in [-0.05, 0) is 36.5 Å². The van der Waals surface area contributed by atoms with Crippen molar-refractivity contribution in [3.05, 3.63) is 39.7 Å². The van der Waals surface area contributed by atoms with Crippen LogP contribution < -0.4 is 0 Å². The van der Waals surface area contributed by atoms with E-state index in [1.54, 1.807) is 5.51 Å². The molecule has 0 saturated heterocycles. The number of hydrogen-bond acceptors (Lipinski definition) is 3. The molecule has 1 heterocycles. The van der Waals surface area contributed by atoms with Gasteiger partial charge in [-0.1, -0.05) is 12.1 Å². The Morgan fingerprint density at radius 3 is 2.94 bits per heavy atom. The van der Waals surface area contributed by atoms with Gasteiger partial charge in [-0.25, -0.2) is 9.78 Å². The van der Waals surface area contributed by atoms with Gasteiger partial charge < -0.3 is 5.11 Å². The minimum absolute atomic E-state index is 0.322. The van der Waals surface area contributed by atoms with E-state index < -0.39 is 5.97 Å². The summed E-state index contributed by atoms with van der Waals surface area (Å²) in [6.07, 6.45) is 3.43. The Bertz CT molecular complexity index is 589. The fraction of sp³-hybridized carbons (Fsp3) is 0.231. The second kappa shape index (κ2) is 3.96. The molecule has 0 saturated carbocycles. The van der Waals surface area contributed by atoms with Crippen LogP contribution in [0.15, 0.2) is 23.7 Å². The van der Waals surface area contributed by atoms with Gasteiger partial charge in [-0.3, -0.25) is 0 Å². The Morgan fingerprint density at radius 1 is 1.29 bits per heavy atom. The lowest BCUT2D eigenvalue weighted by atomic mass is 10.0. The Hall–Kier alpha value is -1.68. The maximum Gasteiger partial charge on any atom is 0.348 e. The van der Waals surface area contributed by atoms with E-state index in [2.05, 4.69) is 17.1 Å². The zero-order valence-electron chi connectivity index (χ0n) is 9.14. The summed E-state index contributed by atoms with van der Waals surface area (Å²) >= 11 is 1.18. The van der Waals surface area contributed by atoms with E-state index >= 15 is 0 Å². The third-order valence-corrected chi connectivity index (χ3v) is 3.95. The SMILES string of the molecule is O=C(O)c1scnc1-c1ccc2c(c1)CCC2. The zero-order chi connectivity index (χ0) is 11.8. The summed E-state index contributed by atoms with van der Waals surface area (Å²) < 4.78 is 0. The number of aromatic nitrogens is 1. The largest absolute Gasteiger partial charge is 0.477 e. The lowest BCUT2D eigenvalue weighted by Crippen LogP contribution is -1.96. The van der Waals surface area contributed by atoms with Gasteiger partial charge in [0.05, 0.1) is 11.2 Å². The second-order valence-corrected chi connectivity index (χ2v) is 5.03. The molecule has 4 heteroatoms. The molecule has 0 unspecified atom stereocenters. The van der Waals surface area contributed by atoms with Crippen molar-refractivity contribution in [1.82, 2.24) is 4.98 Å². The predicted molar refractivity (Wildman–Crippen MR) is 66.5 cm³/mol. The molecule has 0 atom stereocenters. The number of thiazole rings is 1. The highest BCUT2D eigenvalue weighted by Crippen LogP contribution is 2.30. The molecule has 1 aromatic heterocycles. The van der Waals surface area contributed by atoms with Gasteiger partial charge in [0.2, 0.25) is 0 Å². The first kappa shape index (κ1) is 10.5. The molecular formula is C13H11NO2S. The first-order chi connectivity index (χ1) is 8.25. The third-order valence-electron chi connectivity index (χ3n) is 3.13. The molecule has 17 heavy (non-hydrogen) atoms. The average molecular weight is 245 g/mol. The van der Waals surface area contributed by atoms with Crippen LogP contribution in [0.4, 0.5) is 0 Å². The van der Waals surface area contributed by atoms with Crippen molar-refractivity contribution in [2.75, 3.05) is 0 Å². The molecule has 1 aliphatic carbocycles. The zero-order valence-corrected chi connectivity index (χ0v) is 9.96. The summed E-state index contributed by atoms with van der Waals surface area (Å²) in [5.74, 6) is -0.900. The topological polar surface area (TPSA) is 50.2 Å². The fourth-order valence-corrected chi connectivity index (χ4v) is 2.97. The van der Waals surface area contributed by atoms with E-state index in [4.69, 9.17) is 5.11 Å². The quantitative estimate of drug-likeness (QED) is 0.884. The highest BCUT2D eigenvalue weighted by atomic mass is 32.1. The number of nitrogens with zero attached hydrogens (tertiary/aromatic N) is 1. The van der Waals surface area contributed by atoms with E-state index in [0.29, 0.717) is 10.6 Å². The fourth-order valence-electron chi connectivity index (χ4n) is 2.32. The lowest BCUT2D eigenvalue weighted by molar-refractivity contribution is 0.0702. The van der Waals surface area contributed by atoms with Crippen molar-refractivity contribution >= 4 is 17.3 Å². The van der Waals surface area contributed by atoms with Gasteiger partial charge in [0, 0.05) is 5.56 Å². The van der Waals surface area contributed by atoms with Crippen LogP contribution in [0.5, 0.6) is 0 Å². The molecule has 0 amide bonds. The number of aromatic carboxylic acids is 1. The number of aryl methyl sites for hydroxylation is 2. The number of carbonyl (C=O) groups is 1. The summed E-state index contributed by atoms with van der Waals surface area (Å²) in [7, 11) is 0. The van der Waals surface area contributed by atoms with E-state index in [1.165, 1.54) is 28.9 Å². The molecule has 1 N–H and O–H groups in total. The number of carboxylic acid groups (broad SMARTS) is 1. The minimum atomic E-state index is -0.900. The Morgan fingerprint density at radius 2 is 2.12 bits per heavy atom. The molecule has 1 aromatic carbocycles. The standard InChI is InChI=1S/C13H11NO2S/c15-13(16)12-11(14-7-17-12)10-5-4-8-2-1-3-9(8)6-10/h4-7H,1-3H2,(H,15,16). The Balaban J connectivity index is 2.09. The van der Waals surface area contributed by atoms with Crippen LogP contribution in [0.1, 0.15) is 27.2 Å². The van der Waals surface area contributed by atoms with Crippen molar-refractivity contribution in [2.24, 2.45) is 0 Å². The van der Waals surface area contributed by atoms with Crippen LogP contribution in [0, 0.1) is 0 Å². The third kappa shape index (κ3) is 1.74. The summed E-state index contributed by atoms with van der Waals surface area (Å²) in [6.45, 7) is 0. The Labute approximate surface area is 103 Å². The smallest absolute Gasteiger partial charge is 0.348 e. The molecule has 3 nitrogen and oxygen atoms in total. The second-order valence-electron chi connectivity index (χ2n) is 4.17. The van der Waals surface area contributed by atoms with Crippen molar-refractivity contribution in [3.63, 3.8) is 0 Å². The molecule has 0 fully saturated rings. The van der Waals surface area contributed by atoms with Crippen LogP contribution in [0.2, 0.25) is 0 Å². The highest BCUT2D eigenvalue weighted by Gasteiger charge is 2.17. The summed E-state index contributed by atoms with van der Waals surface area (Å²) in [5, 5.41) is 9.08. The van der Waals surface area contributed by atoms with E-state index in [0.717, 1.165) is 18.4 Å². The molecule has 0 aliphatic heterocycles. The number of carboxylic acids is 1. The van der Waals surface area contributed by atoms with E-state index in [-0.39, 0.29) is 0 Å². The van der Waals surface area contributed by atoms with Crippen LogP contribution >= 0.6 is 11.3 Å². The molecular weight excluding hydrogens is 234 g/mol. The van der Waals surface area contributed by atoms with E-state index in [1.807, 2.05) is 6.07 Å². The summed E-state index contributed by atoms with van der Waals surface area (Å²) in [6, 6.07) is 6.16. The average Bonchev–Trinajstić information content (AvgIpc) is 2.96. The van der Waals surface area contributed by atoms with Crippen LogP contribution in [-0.2, 0) is 12.8 Å². The summed E-state index contributed by atoms with van der Waals surface area (Å²) in [5.41, 5.74) is 5.83. The molecule has 2 aromatic rings.